The van der Waals surface area contributed by atoms with Crippen LogP contribution in [0.1, 0.15) is 0 Å². The molecule has 8 rings (SSSR count). The van der Waals surface area contributed by atoms with Gasteiger partial charge in [-0.05, 0) is 45.6 Å². The summed E-state index contributed by atoms with van der Waals surface area (Å²) in [7, 11) is 9.87. The van der Waals surface area contributed by atoms with Crippen molar-refractivity contribution in [3.63, 3.8) is 0 Å². The minimum atomic E-state index is -0.826. The van der Waals surface area contributed by atoms with Gasteiger partial charge in [-0.25, -0.2) is 0 Å². The molecule has 0 aliphatic heterocycles. The molecule has 188 valence electrons. The molecule has 2 nitrogen and oxygen atoms in total. The third-order valence-corrected chi connectivity index (χ3v) is 7.03. The van der Waals surface area contributed by atoms with Gasteiger partial charge in [-0.1, -0.05) is 131 Å². The minimum Gasteiger partial charge on any atom is -0.396 e. The Morgan fingerprint density at radius 2 is 0.795 bits per heavy atom. The molecule has 0 N–H and O–H groups in total. The number of benzene rings is 4. The van der Waals surface area contributed by atoms with E-state index in [9.17, 15) is 0 Å². The molecule has 0 spiro atoms. The van der Waals surface area contributed by atoms with Gasteiger partial charge >= 0.3 is 37.9 Å². The van der Waals surface area contributed by atoms with Gasteiger partial charge < -0.3 is 9.13 Å². The maximum atomic E-state index is 4.93. The van der Waals surface area contributed by atoms with E-state index in [1.54, 1.807) is 0 Å². The molecule has 0 fully saturated rings. The quantitative estimate of drug-likeness (QED) is 0.170. The molecule has 0 saturated heterocycles. The van der Waals surface area contributed by atoms with Gasteiger partial charge in [-0.3, -0.25) is 0 Å². The van der Waals surface area contributed by atoms with Crippen LogP contribution in [0.5, 0.6) is 0 Å². The first-order valence-corrected chi connectivity index (χ1v) is 19.0. The summed E-state index contributed by atoms with van der Waals surface area (Å²) in [6, 6.07) is 47.1. The fourth-order valence-electron chi connectivity index (χ4n) is 5.27. The van der Waals surface area contributed by atoms with Crippen LogP contribution >= 0.6 is 17.0 Å². The summed E-state index contributed by atoms with van der Waals surface area (Å²) in [5.41, 5.74) is 5.03. The number of rotatable bonds is 2. The average molecular weight is 623 g/mol. The molecule has 2 aromatic heterocycles. The van der Waals surface area contributed by atoms with Crippen molar-refractivity contribution in [1.29, 1.82) is 0 Å². The fraction of sp³-hybridized carbons (Fsp3) is 0. The standard InChI is InChI=1S/2C17H12N.2ClH.Zr/c2*1-3-7-15-13(5-1)9-10-17(15)18-12-11-14-6-2-4-8-16(14)18;;;/h2*1-12H;2*1H;/q2*-1;;;+4/p-2. The molecule has 0 bridgehead atoms. The summed E-state index contributed by atoms with van der Waals surface area (Å²) in [5.74, 6) is 0. The molecule has 0 unspecified atom stereocenters. The van der Waals surface area contributed by atoms with Gasteiger partial charge in [0.1, 0.15) is 0 Å². The van der Waals surface area contributed by atoms with Crippen molar-refractivity contribution >= 4 is 60.4 Å². The summed E-state index contributed by atoms with van der Waals surface area (Å²) in [6.07, 6.45) is 4.29. The fourth-order valence-corrected chi connectivity index (χ4v) is 5.27. The molecule has 0 saturated carbocycles. The van der Waals surface area contributed by atoms with Crippen LogP contribution in [0.15, 0.2) is 146 Å². The van der Waals surface area contributed by atoms with E-state index in [1.807, 2.05) is 0 Å². The molecule has 0 radical (unpaired) electrons. The van der Waals surface area contributed by atoms with E-state index in [0.717, 1.165) is 0 Å². The molecular weight excluding hydrogens is 599 g/mol. The Kier molecular flexibility index (Phi) is 7.84. The second-order valence-corrected chi connectivity index (χ2v) is 12.9. The van der Waals surface area contributed by atoms with Gasteiger partial charge in [0.25, 0.3) is 0 Å². The first-order chi connectivity index (χ1) is 19.3. The van der Waals surface area contributed by atoms with Crippen molar-refractivity contribution in [2.45, 2.75) is 0 Å². The second kappa shape index (κ2) is 11.8. The maximum absolute atomic E-state index is 4.93. The SMILES string of the molecule is [Cl][Zr+2][Cl].c1ccc2c(c1)cc[c-]2-n1ccc2ccccc21.c1ccc2c(c1)cc[c-]2-n1ccc2ccccc21. The van der Waals surface area contributed by atoms with Crippen molar-refractivity contribution in [2.24, 2.45) is 0 Å². The number of hydrogen-bond donors (Lipinski definition) is 0. The van der Waals surface area contributed by atoms with E-state index in [4.69, 9.17) is 17.0 Å². The zero-order valence-corrected chi connectivity index (χ0v) is 25.0. The van der Waals surface area contributed by atoms with E-state index in [2.05, 4.69) is 155 Å². The number of halogens is 2. The first kappa shape index (κ1) is 25.9. The smallest absolute Gasteiger partial charge is 0.00121 e. The number of nitrogens with zero attached hydrogens (tertiary/aromatic N) is 2. The normalized spacial score (nSPS) is 10.7. The summed E-state index contributed by atoms with van der Waals surface area (Å²) < 4.78 is 4.52. The Labute approximate surface area is 246 Å². The van der Waals surface area contributed by atoms with Crippen LogP contribution < -0.4 is 0 Å². The van der Waals surface area contributed by atoms with E-state index in [1.165, 1.54) is 54.7 Å². The number of para-hydroxylation sites is 2. The van der Waals surface area contributed by atoms with E-state index < -0.39 is 20.8 Å². The van der Waals surface area contributed by atoms with Gasteiger partial charge in [-0.15, -0.1) is 24.3 Å². The molecule has 5 heteroatoms. The van der Waals surface area contributed by atoms with Crippen LogP contribution in [-0.2, 0) is 20.8 Å². The molecule has 0 aliphatic rings. The third kappa shape index (κ3) is 5.15. The Bertz CT molecular complexity index is 1700. The predicted molar refractivity (Wildman–Crippen MR) is 164 cm³/mol. The minimum absolute atomic E-state index is 0.826. The number of fused-ring (bicyclic) bond motifs is 4. The van der Waals surface area contributed by atoms with Crippen molar-refractivity contribution in [3.8, 4) is 11.4 Å². The summed E-state index contributed by atoms with van der Waals surface area (Å²) >= 11 is -0.826. The first-order valence-electron chi connectivity index (χ1n) is 12.7. The Balaban J connectivity index is 0.000000129. The average Bonchev–Trinajstić information content (AvgIpc) is 3.77. The molecular formula is C34H24Cl2N2Zr. The largest absolute Gasteiger partial charge is 0.396 e. The zero-order valence-electron chi connectivity index (χ0n) is 21.0. The van der Waals surface area contributed by atoms with Crippen LogP contribution in [0.25, 0.3) is 54.7 Å². The molecule has 2 heterocycles. The van der Waals surface area contributed by atoms with Crippen molar-refractivity contribution in [2.75, 3.05) is 0 Å². The van der Waals surface area contributed by atoms with Crippen LogP contribution in [0.4, 0.5) is 0 Å². The summed E-state index contributed by atoms with van der Waals surface area (Å²) in [6.45, 7) is 0. The van der Waals surface area contributed by atoms with Gasteiger partial charge in [0, 0.05) is 0 Å². The second-order valence-electron chi connectivity index (χ2n) is 9.17. The maximum Gasteiger partial charge on any atom is -0.00121 e. The Morgan fingerprint density at radius 3 is 1.23 bits per heavy atom. The topological polar surface area (TPSA) is 9.86 Å². The number of aromatic nitrogens is 2. The summed E-state index contributed by atoms with van der Waals surface area (Å²) in [5, 5.41) is 7.76. The predicted octanol–water partition coefficient (Wildman–Crippen LogP) is 10.4. The van der Waals surface area contributed by atoms with Crippen LogP contribution in [-0.4, -0.2) is 9.13 Å². The Hall–Kier alpha value is -3.36. The Morgan fingerprint density at radius 1 is 0.436 bits per heavy atom. The van der Waals surface area contributed by atoms with Gasteiger partial charge in [0.05, 0.1) is 0 Å². The third-order valence-electron chi connectivity index (χ3n) is 7.03. The van der Waals surface area contributed by atoms with Crippen molar-refractivity contribution in [1.82, 2.24) is 9.13 Å². The van der Waals surface area contributed by atoms with Crippen molar-refractivity contribution < 1.29 is 20.8 Å². The molecule has 6 aromatic carbocycles. The molecule has 8 aromatic rings. The van der Waals surface area contributed by atoms with E-state index >= 15 is 0 Å². The molecule has 39 heavy (non-hydrogen) atoms. The summed E-state index contributed by atoms with van der Waals surface area (Å²) in [4.78, 5) is 0. The molecule has 0 atom stereocenters. The van der Waals surface area contributed by atoms with Crippen LogP contribution in [0, 0.1) is 0 Å². The van der Waals surface area contributed by atoms with Crippen LogP contribution in [0.3, 0.4) is 0 Å². The zero-order chi connectivity index (χ0) is 26.6. The van der Waals surface area contributed by atoms with Gasteiger partial charge in [0.15, 0.2) is 0 Å². The van der Waals surface area contributed by atoms with Gasteiger partial charge in [0.2, 0.25) is 0 Å². The van der Waals surface area contributed by atoms with E-state index in [-0.39, 0.29) is 0 Å². The van der Waals surface area contributed by atoms with Crippen molar-refractivity contribution in [3.05, 3.63) is 146 Å². The monoisotopic (exact) mass is 620 g/mol. The van der Waals surface area contributed by atoms with Crippen LogP contribution in [0.2, 0.25) is 0 Å². The van der Waals surface area contributed by atoms with Gasteiger partial charge in [-0.2, -0.15) is 0 Å². The number of hydrogen-bond acceptors (Lipinski definition) is 0. The van der Waals surface area contributed by atoms with E-state index in [0.29, 0.717) is 0 Å². The molecule has 0 amide bonds. The molecule has 0 aliphatic carbocycles.